The van der Waals surface area contributed by atoms with E-state index in [1.807, 2.05) is 0 Å². The van der Waals surface area contributed by atoms with Crippen LogP contribution in [-0.2, 0) is 9.84 Å². The minimum absolute atomic E-state index is 0.0461. The maximum atomic E-state index is 11.3. The van der Waals surface area contributed by atoms with Crippen molar-refractivity contribution in [2.75, 3.05) is 23.6 Å². The van der Waals surface area contributed by atoms with Gasteiger partial charge in [-0.3, -0.25) is 0 Å². The summed E-state index contributed by atoms with van der Waals surface area (Å²) >= 11 is 1.34. The van der Waals surface area contributed by atoms with Crippen molar-refractivity contribution in [2.45, 2.75) is 17.9 Å². The van der Waals surface area contributed by atoms with Crippen LogP contribution in [0.15, 0.2) is 23.1 Å². The van der Waals surface area contributed by atoms with E-state index in [2.05, 4.69) is 5.32 Å². The van der Waals surface area contributed by atoms with E-state index >= 15 is 0 Å². The highest BCUT2D eigenvalue weighted by molar-refractivity contribution is 7.98. The molecule has 0 aliphatic carbocycles. The third-order valence-corrected chi connectivity index (χ3v) is 4.30. The molecule has 0 aromatic heterocycles. The average Bonchev–Trinajstić information content (AvgIpc) is 2.25. The zero-order chi connectivity index (χ0) is 14.6. The summed E-state index contributed by atoms with van der Waals surface area (Å²) in [7, 11) is -3.11. The molecule has 0 saturated heterocycles. The molecule has 0 heterocycles. The van der Waals surface area contributed by atoms with Crippen LogP contribution >= 0.6 is 11.8 Å². The van der Waals surface area contributed by atoms with Gasteiger partial charge < -0.3 is 10.4 Å². The van der Waals surface area contributed by atoms with Gasteiger partial charge in [0, 0.05) is 17.2 Å². The summed E-state index contributed by atoms with van der Waals surface area (Å²) in [5.41, 5.74) is 0.617. The van der Waals surface area contributed by atoms with E-state index in [1.54, 1.807) is 31.4 Å². The van der Waals surface area contributed by atoms with Crippen molar-refractivity contribution >= 4 is 33.3 Å². The average molecular weight is 303 g/mol. The Bertz CT molecular complexity index is 569. The second-order valence-corrected chi connectivity index (χ2v) is 7.36. The van der Waals surface area contributed by atoms with E-state index in [-0.39, 0.29) is 17.4 Å². The van der Waals surface area contributed by atoms with E-state index < -0.39 is 15.8 Å². The zero-order valence-electron chi connectivity index (χ0n) is 11.0. The van der Waals surface area contributed by atoms with Crippen LogP contribution in [0.4, 0.5) is 5.69 Å². The smallest absolute Gasteiger partial charge is 0.338 e. The highest BCUT2D eigenvalue weighted by Gasteiger charge is 2.17. The lowest BCUT2D eigenvalue weighted by atomic mass is 10.1. The first-order valence-electron chi connectivity index (χ1n) is 5.59. The van der Waals surface area contributed by atoms with Gasteiger partial charge in [-0.05, 0) is 25.3 Å². The topological polar surface area (TPSA) is 83.5 Å². The van der Waals surface area contributed by atoms with E-state index in [0.717, 1.165) is 6.26 Å². The van der Waals surface area contributed by atoms with Gasteiger partial charge >= 0.3 is 5.97 Å². The second-order valence-electron chi connectivity index (χ2n) is 4.33. The number of nitrogens with one attached hydrogen (secondary N) is 1. The molecule has 1 atom stereocenters. The lowest BCUT2D eigenvalue weighted by molar-refractivity contribution is 0.0694. The molecule has 0 amide bonds. The van der Waals surface area contributed by atoms with Crippen LogP contribution in [0.2, 0.25) is 0 Å². The van der Waals surface area contributed by atoms with Gasteiger partial charge in [-0.15, -0.1) is 11.8 Å². The monoisotopic (exact) mass is 303 g/mol. The predicted molar refractivity (Wildman–Crippen MR) is 78.0 cm³/mol. The zero-order valence-corrected chi connectivity index (χ0v) is 12.6. The largest absolute Gasteiger partial charge is 0.478 e. The van der Waals surface area contributed by atoms with E-state index in [0.29, 0.717) is 10.6 Å². The van der Waals surface area contributed by atoms with Crippen LogP contribution in [0, 0.1) is 0 Å². The Kier molecular flexibility index (Phi) is 5.25. The van der Waals surface area contributed by atoms with E-state index in [1.165, 1.54) is 11.8 Å². The molecular weight excluding hydrogens is 286 g/mol. The third-order valence-electron chi connectivity index (χ3n) is 2.41. The van der Waals surface area contributed by atoms with E-state index in [4.69, 9.17) is 0 Å². The van der Waals surface area contributed by atoms with Crippen molar-refractivity contribution < 1.29 is 18.3 Å². The van der Waals surface area contributed by atoms with Crippen LogP contribution in [0.5, 0.6) is 0 Å². The molecule has 5 nitrogen and oxygen atoms in total. The molecular formula is C12H17NO4S2. The Morgan fingerprint density at radius 2 is 2.11 bits per heavy atom. The first-order chi connectivity index (χ1) is 8.74. The first-order valence-corrected chi connectivity index (χ1v) is 8.87. The lowest BCUT2D eigenvalue weighted by Gasteiger charge is -2.17. The van der Waals surface area contributed by atoms with Crippen molar-refractivity contribution in [3.63, 3.8) is 0 Å². The minimum Gasteiger partial charge on any atom is -0.478 e. The highest BCUT2D eigenvalue weighted by atomic mass is 32.2. The number of carboxylic acid groups (broad SMARTS) is 1. The normalized spacial score (nSPS) is 13.0. The summed E-state index contributed by atoms with van der Waals surface area (Å²) in [5.74, 6) is -1.07. The number of aromatic carboxylic acids is 1. The standard InChI is InChI=1S/C12H17NO4S2/c1-8(7-19(3,16)17)13-9-5-4-6-10(18-2)11(9)12(14)15/h4-6,8,13H,7H2,1-3H3,(H,14,15). The van der Waals surface area contributed by atoms with Crippen molar-refractivity contribution in [1.29, 1.82) is 0 Å². The fourth-order valence-corrected chi connectivity index (χ4v) is 3.41. The molecule has 0 spiro atoms. The number of carbonyl (C=O) groups is 1. The molecule has 106 valence electrons. The molecule has 0 saturated carbocycles. The molecule has 1 aromatic carbocycles. The van der Waals surface area contributed by atoms with Crippen molar-refractivity contribution in [1.82, 2.24) is 0 Å². The lowest BCUT2D eigenvalue weighted by Crippen LogP contribution is -2.26. The SMILES string of the molecule is CSc1cccc(NC(C)CS(C)(=O)=O)c1C(=O)O. The molecule has 1 rings (SSSR count). The maximum Gasteiger partial charge on any atom is 0.338 e. The van der Waals surface area contributed by atoms with Crippen molar-refractivity contribution in [2.24, 2.45) is 0 Å². The predicted octanol–water partition coefficient (Wildman–Crippen LogP) is 1.95. The van der Waals surface area contributed by atoms with E-state index in [9.17, 15) is 18.3 Å². The number of thioether (sulfide) groups is 1. The van der Waals surface area contributed by atoms with Crippen LogP contribution in [-0.4, -0.2) is 43.8 Å². The number of anilines is 1. The Hall–Kier alpha value is -1.21. The van der Waals surface area contributed by atoms with Crippen LogP contribution in [0.1, 0.15) is 17.3 Å². The summed E-state index contributed by atoms with van der Waals surface area (Å²) in [4.78, 5) is 11.9. The molecule has 1 unspecified atom stereocenters. The summed E-state index contributed by atoms with van der Waals surface area (Å²) in [6.07, 6.45) is 2.95. The fraction of sp³-hybridized carbons (Fsp3) is 0.417. The fourth-order valence-electron chi connectivity index (χ4n) is 1.80. The van der Waals surface area contributed by atoms with Crippen LogP contribution in [0.25, 0.3) is 0 Å². The van der Waals surface area contributed by atoms with Crippen molar-refractivity contribution in [3.8, 4) is 0 Å². The first kappa shape index (κ1) is 15.8. The second kappa shape index (κ2) is 6.29. The number of carboxylic acids is 1. The number of rotatable bonds is 6. The summed E-state index contributed by atoms with van der Waals surface area (Å²) < 4.78 is 22.4. The Morgan fingerprint density at radius 1 is 1.47 bits per heavy atom. The summed E-state index contributed by atoms with van der Waals surface area (Å²) in [6, 6.07) is 4.75. The minimum atomic E-state index is -3.11. The molecule has 0 aliphatic heterocycles. The van der Waals surface area contributed by atoms with Gasteiger partial charge in [0.2, 0.25) is 0 Å². The maximum absolute atomic E-state index is 11.3. The van der Waals surface area contributed by atoms with Gasteiger partial charge in [0.1, 0.15) is 9.84 Å². The molecule has 7 heteroatoms. The molecule has 0 aliphatic rings. The Morgan fingerprint density at radius 3 is 2.58 bits per heavy atom. The number of benzene rings is 1. The molecule has 0 bridgehead atoms. The molecule has 0 radical (unpaired) electrons. The van der Waals surface area contributed by atoms with Gasteiger partial charge in [-0.25, -0.2) is 13.2 Å². The van der Waals surface area contributed by atoms with Crippen LogP contribution in [0.3, 0.4) is 0 Å². The quantitative estimate of drug-likeness (QED) is 0.782. The number of hydrogen-bond acceptors (Lipinski definition) is 5. The number of sulfone groups is 1. The third kappa shape index (κ3) is 4.76. The molecule has 19 heavy (non-hydrogen) atoms. The molecule has 2 N–H and O–H groups in total. The summed E-state index contributed by atoms with van der Waals surface area (Å²) in [5, 5.41) is 12.2. The van der Waals surface area contributed by atoms with Gasteiger partial charge in [0.15, 0.2) is 0 Å². The van der Waals surface area contributed by atoms with Crippen LogP contribution < -0.4 is 5.32 Å². The highest BCUT2D eigenvalue weighted by Crippen LogP contribution is 2.27. The summed E-state index contributed by atoms with van der Waals surface area (Å²) in [6.45, 7) is 1.71. The molecule has 1 aromatic rings. The Balaban J connectivity index is 3.04. The van der Waals surface area contributed by atoms with Gasteiger partial charge in [-0.1, -0.05) is 6.07 Å². The van der Waals surface area contributed by atoms with Gasteiger partial charge in [0.05, 0.1) is 17.0 Å². The van der Waals surface area contributed by atoms with Gasteiger partial charge in [0.25, 0.3) is 0 Å². The van der Waals surface area contributed by atoms with Crippen molar-refractivity contribution in [3.05, 3.63) is 23.8 Å². The Labute approximate surface area is 117 Å². The molecule has 0 fully saturated rings. The number of hydrogen-bond donors (Lipinski definition) is 2. The van der Waals surface area contributed by atoms with Gasteiger partial charge in [-0.2, -0.15) is 0 Å².